The molecule has 0 radical (unpaired) electrons. The number of carbonyl (C=O) groups excluding carboxylic acids is 1. The number of sulfonamides is 1. The number of nitrogens with one attached hydrogen (secondary N) is 2. The number of rotatable bonds is 4. The van der Waals surface area contributed by atoms with Crippen LogP contribution in [0.15, 0.2) is 47.4 Å². The lowest BCUT2D eigenvalue weighted by atomic mass is 10.2. The van der Waals surface area contributed by atoms with Crippen LogP contribution in [0.2, 0.25) is 0 Å². The van der Waals surface area contributed by atoms with Crippen molar-refractivity contribution in [3.05, 3.63) is 48.0 Å². The molecule has 1 aliphatic heterocycles. The molecule has 2 aromatic carbocycles. The maximum absolute atomic E-state index is 12.4. The maximum Gasteiger partial charge on any atom is 0.261 e. The van der Waals surface area contributed by atoms with Gasteiger partial charge in [-0.2, -0.15) is 0 Å². The molecular weight excluding hydrogens is 320 g/mol. The lowest BCUT2D eigenvalue weighted by molar-refractivity contribution is 0.0963. The molecule has 8 heteroatoms. The summed E-state index contributed by atoms with van der Waals surface area (Å²) in [5.41, 5.74) is 0.749. The summed E-state index contributed by atoms with van der Waals surface area (Å²) in [5.74, 6) is 0.778. The van der Waals surface area contributed by atoms with Crippen LogP contribution in [0, 0.1) is 0 Å². The Bertz CT molecular complexity index is 847. The second-order valence-electron chi connectivity index (χ2n) is 4.78. The van der Waals surface area contributed by atoms with E-state index in [9.17, 15) is 13.2 Å². The topological polar surface area (TPSA) is 93.7 Å². The highest BCUT2D eigenvalue weighted by molar-refractivity contribution is 7.92. The van der Waals surface area contributed by atoms with Gasteiger partial charge in [0.15, 0.2) is 11.5 Å². The molecule has 2 aromatic rings. The quantitative estimate of drug-likeness (QED) is 0.885. The van der Waals surface area contributed by atoms with Crippen molar-refractivity contribution < 1.29 is 22.7 Å². The van der Waals surface area contributed by atoms with Gasteiger partial charge in [0.1, 0.15) is 0 Å². The van der Waals surface area contributed by atoms with Crippen molar-refractivity contribution >= 4 is 21.6 Å². The molecule has 0 aliphatic carbocycles. The molecule has 1 amide bonds. The minimum Gasteiger partial charge on any atom is -0.454 e. The summed E-state index contributed by atoms with van der Waals surface area (Å²) in [7, 11) is -2.25. The molecule has 7 nitrogen and oxygen atoms in total. The minimum atomic E-state index is -3.76. The normalized spacial score (nSPS) is 12.7. The van der Waals surface area contributed by atoms with E-state index in [4.69, 9.17) is 9.47 Å². The molecule has 0 unspecified atom stereocenters. The Balaban J connectivity index is 1.82. The monoisotopic (exact) mass is 334 g/mol. The van der Waals surface area contributed by atoms with Crippen LogP contribution in [-0.4, -0.2) is 28.2 Å². The first-order valence-electron chi connectivity index (χ1n) is 6.74. The average molecular weight is 334 g/mol. The SMILES string of the molecule is CNC(=O)c1ccc(S(=O)(=O)Nc2ccc3c(c2)OCO3)cc1. The summed E-state index contributed by atoms with van der Waals surface area (Å²) in [6.07, 6.45) is 0. The van der Waals surface area contributed by atoms with E-state index in [0.717, 1.165) is 0 Å². The van der Waals surface area contributed by atoms with Crippen LogP contribution >= 0.6 is 0 Å². The lowest BCUT2D eigenvalue weighted by Crippen LogP contribution is -2.18. The van der Waals surface area contributed by atoms with E-state index < -0.39 is 10.0 Å². The number of ether oxygens (including phenoxy) is 2. The zero-order valence-electron chi connectivity index (χ0n) is 12.2. The largest absolute Gasteiger partial charge is 0.454 e. The van der Waals surface area contributed by atoms with Crippen LogP contribution in [0.4, 0.5) is 5.69 Å². The Kier molecular flexibility index (Phi) is 3.83. The number of hydrogen-bond donors (Lipinski definition) is 2. The summed E-state index contributed by atoms with van der Waals surface area (Å²) in [6, 6.07) is 10.4. The number of hydrogen-bond acceptors (Lipinski definition) is 5. The number of anilines is 1. The number of amides is 1. The lowest BCUT2D eigenvalue weighted by Gasteiger charge is -2.09. The third-order valence-corrected chi connectivity index (χ3v) is 4.68. The Hall–Kier alpha value is -2.74. The van der Waals surface area contributed by atoms with Crippen molar-refractivity contribution in [2.75, 3.05) is 18.6 Å². The van der Waals surface area contributed by atoms with Gasteiger partial charge in [-0.1, -0.05) is 0 Å². The second-order valence-corrected chi connectivity index (χ2v) is 6.46. The van der Waals surface area contributed by atoms with Crippen molar-refractivity contribution in [2.24, 2.45) is 0 Å². The molecule has 0 atom stereocenters. The number of fused-ring (bicyclic) bond motifs is 1. The highest BCUT2D eigenvalue weighted by atomic mass is 32.2. The summed E-state index contributed by atoms with van der Waals surface area (Å²) in [6.45, 7) is 0.118. The molecule has 120 valence electrons. The van der Waals surface area contributed by atoms with E-state index in [0.29, 0.717) is 22.7 Å². The number of carbonyl (C=O) groups is 1. The summed E-state index contributed by atoms with van der Waals surface area (Å²) >= 11 is 0. The van der Waals surface area contributed by atoms with Gasteiger partial charge in [0.2, 0.25) is 6.79 Å². The van der Waals surface area contributed by atoms with Gasteiger partial charge in [-0.05, 0) is 36.4 Å². The van der Waals surface area contributed by atoms with Gasteiger partial charge in [-0.3, -0.25) is 9.52 Å². The summed E-state index contributed by atoms with van der Waals surface area (Å²) < 4.78 is 37.6. The van der Waals surface area contributed by atoms with E-state index in [2.05, 4.69) is 10.0 Å². The van der Waals surface area contributed by atoms with Crippen molar-refractivity contribution in [3.63, 3.8) is 0 Å². The van der Waals surface area contributed by atoms with Crippen molar-refractivity contribution in [2.45, 2.75) is 4.90 Å². The minimum absolute atomic E-state index is 0.0582. The fourth-order valence-corrected chi connectivity index (χ4v) is 3.15. The number of benzene rings is 2. The summed E-state index contributed by atoms with van der Waals surface area (Å²) in [4.78, 5) is 11.5. The predicted molar refractivity (Wildman–Crippen MR) is 83.2 cm³/mol. The molecule has 0 bridgehead atoms. The van der Waals surface area contributed by atoms with E-state index in [1.165, 1.54) is 31.3 Å². The van der Waals surface area contributed by atoms with Gasteiger partial charge in [-0.25, -0.2) is 8.42 Å². The molecule has 0 saturated heterocycles. The molecule has 1 aliphatic rings. The Labute approximate surface area is 133 Å². The van der Waals surface area contributed by atoms with E-state index in [1.807, 2.05) is 0 Å². The average Bonchev–Trinajstić information content (AvgIpc) is 3.01. The van der Waals surface area contributed by atoms with Crippen LogP contribution in [0.3, 0.4) is 0 Å². The third-order valence-electron chi connectivity index (χ3n) is 3.28. The molecule has 0 aromatic heterocycles. The molecule has 1 heterocycles. The van der Waals surface area contributed by atoms with Crippen LogP contribution in [0.25, 0.3) is 0 Å². The fraction of sp³-hybridized carbons (Fsp3) is 0.133. The van der Waals surface area contributed by atoms with Crippen LogP contribution in [0.5, 0.6) is 11.5 Å². The highest BCUT2D eigenvalue weighted by Crippen LogP contribution is 2.34. The first-order valence-corrected chi connectivity index (χ1v) is 8.22. The van der Waals surface area contributed by atoms with Crippen molar-refractivity contribution in [1.29, 1.82) is 0 Å². The van der Waals surface area contributed by atoms with Gasteiger partial charge in [0, 0.05) is 18.7 Å². The fourth-order valence-electron chi connectivity index (χ4n) is 2.10. The van der Waals surface area contributed by atoms with Gasteiger partial charge in [0.05, 0.1) is 10.6 Å². The van der Waals surface area contributed by atoms with Crippen molar-refractivity contribution in [1.82, 2.24) is 5.32 Å². The maximum atomic E-state index is 12.4. The zero-order chi connectivity index (χ0) is 16.4. The smallest absolute Gasteiger partial charge is 0.261 e. The van der Waals surface area contributed by atoms with E-state index >= 15 is 0 Å². The Morgan fingerprint density at radius 2 is 1.74 bits per heavy atom. The Morgan fingerprint density at radius 3 is 2.43 bits per heavy atom. The molecular formula is C15H14N2O5S. The standard InChI is InChI=1S/C15H14N2O5S/c1-16-15(18)10-2-5-12(6-3-10)23(19,20)17-11-4-7-13-14(8-11)22-9-21-13/h2-8,17H,9H2,1H3,(H,16,18). The molecule has 0 saturated carbocycles. The third kappa shape index (κ3) is 3.07. The summed E-state index contributed by atoms with van der Waals surface area (Å²) in [5, 5.41) is 2.47. The zero-order valence-corrected chi connectivity index (χ0v) is 13.0. The second kappa shape index (κ2) is 5.81. The van der Waals surface area contributed by atoms with Crippen molar-refractivity contribution in [3.8, 4) is 11.5 Å². The van der Waals surface area contributed by atoms with E-state index in [-0.39, 0.29) is 17.6 Å². The molecule has 0 fully saturated rings. The predicted octanol–water partition coefficient (Wildman–Crippen LogP) is 1.58. The van der Waals surface area contributed by atoms with Crippen LogP contribution in [-0.2, 0) is 10.0 Å². The first kappa shape index (κ1) is 15.2. The molecule has 2 N–H and O–H groups in total. The van der Waals surface area contributed by atoms with Gasteiger partial charge in [0.25, 0.3) is 15.9 Å². The van der Waals surface area contributed by atoms with Gasteiger partial charge in [-0.15, -0.1) is 0 Å². The first-order chi connectivity index (χ1) is 11.0. The van der Waals surface area contributed by atoms with Gasteiger partial charge >= 0.3 is 0 Å². The van der Waals surface area contributed by atoms with E-state index in [1.54, 1.807) is 18.2 Å². The Morgan fingerprint density at radius 1 is 1.04 bits per heavy atom. The highest BCUT2D eigenvalue weighted by Gasteiger charge is 2.18. The molecule has 0 spiro atoms. The van der Waals surface area contributed by atoms with Crippen LogP contribution < -0.4 is 19.5 Å². The van der Waals surface area contributed by atoms with Crippen LogP contribution in [0.1, 0.15) is 10.4 Å². The van der Waals surface area contributed by atoms with Gasteiger partial charge < -0.3 is 14.8 Å². The molecule has 3 rings (SSSR count). The molecule has 23 heavy (non-hydrogen) atoms.